The Morgan fingerprint density at radius 2 is 2.00 bits per heavy atom. The summed E-state index contributed by atoms with van der Waals surface area (Å²) in [6.07, 6.45) is 0.385. The Kier molecular flexibility index (Phi) is 4.75. The molecular weight excluding hydrogens is 350 g/mol. The van der Waals surface area contributed by atoms with Gasteiger partial charge in [-0.3, -0.25) is 4.79 Å². The fourth-order valence-corrected chi connectivity index (χ4v) is 3.35. The summed E-state index contributed by atoms with van der Waals surface area (Å²) in [5, 5.41) is 4.90. The van der Waals surface area contributed by atoms with Crippen molar-refractivity contribution in [2.45, 2.75) is 13.0 Å². The van der Waals surface area contributed by atoms with Gasteiger partial charge >= 0.3 is 0 Å². The maximum atomic E-state index is 12.1. The van der Waals surface area contributed by atoms with Gasteiger partial charge in [-0.05, 0) is 41.3 Å². The van der Waals surface area contributed by atoms with Crippen LogP contribution in [0, 0.1) is 0 Å². The first-order chi connectivity index (χ1) is 12.8. The SMILES string of the molecule is O=C(Cc1cccs1)Nc1cccc(COc2ccc3c(c2)OCO3)c1. The van der Waals surface area contributed by atoms with E-state index in [1.165, 1.54) is 0 Å². The molecule has 0 saturated heterocycles. The van der Waals surface area contributed by atoms with Crippen LogP contribution in [0.25, 0.3) is 0 Å². The lowest BCUT2D eigenvalue weighted by Crippen LogP contribution is -2.13. The molecular formula is C20H17NO4S. The molecule has 1 aliphatic heterocycles. The summed E-state index contributed by atoms with van der Waals surface area (Å²) >= 11 is 1.58. The van der Waals surface area contributed by atoms with Gasteiger partial charge in [0.25, 0.3) is 0 Å². The van der Waals surface area contributed by atoms with Crippen LogP contribution in [-0.2, 0) is 17.8 Å². The Balaban J connectivity index is 1.36. The first-order valence-electron chi connectivity index (χ1n) is 8.20. The van der Waals surface area contributed by atoms with Crippen LogP contribution in [0.15, 0.2) is 60.0 Å². The van der Waals surface area contributed by atoms with E-state index in [1.807, 2.05) is 60.0 Å². The summed E-state index contributed by atoms with van der Waals surface area (Å²) in [5.74, 6) is 2.10. The maximum absolute atomic E-state index is 12.1. The van der Waals surface area contributed by atoms with Crippen molar-refractivity contribution in [1.82, 2.24) is 0 Å². The fourth-order valence-electron chi connectivity index (χ4n) is 2.65. The second kappa shape index (κ2) is 7.49. The van der Waals surface area contributed by atoms with Gasteiger partial charge in [0.1, 0.15) is 12.4 Å². The molecule has 0 unspecified atom stereocenters. The lowest BCUT2D eigenvalue weighted by molar-refractivity contribution is -0.115. The van der Waals surface area contributed by atoms with Crippen LogP contribution < -0.4 is 19.5 Å². The number of ether oxygens (including phenoxy) is 3. The highest BCUT2D eigenvalue weighted by atomic mass is 32.1. The highest BCUT2D eigenvalue weighted by Crippen LogP contribution is 2.35. The summed E-state index contributed by atoms with van der Waals surface area (Å²) in [7, 11) is 0. The molecule has 2 heterocycles. The highest BCUT2D eigenvalue weighted by Gasteiger charge is 2.13. The minimum Gasteiger partial charge on any atom is -0.489 e. The number of hydrogen-bond donors (Lipinski definition) is 1. The Morgan fingerprint density at radius 3 is 2.88 bits per heavy atom. The van der Waals surface area contributed by atoms with Crippen molar-refractivity contribution >= 4 is 22.9 Å². The Morgan fingerprint density at radius 1 is 1.08 bits per heavy atom. The topological polar surface area (TPSA) is 56.8 Å². The van der Waals surface area contributed by atoms with Crippen LogP contribution in [0.1, 0.15) is 10.4 Å². The van der Waals surface area contributed by atoms with Gasteiger partial charge < -0.3 is 19.5 Å². The zero-order valence-electron chi connectivity index (χ0n) is 13.9. The minimum atomic E-state index is -0.0266. The van der Waals surface area contributed by atoms with Crippen molar-refractivity contribution in [3.8, 4) is 17.2 Å². The van der Waals surface area contributed by atoms with Gasteiger partial charge in [-0.2, -0.15) is 0 Å². The van der Waals surface area contributed by atoms with E-state index < -0.39 is 0 Å². The number of carbonyl (C=O) groups excluding carboxylic acids is 1. The summed E-state index contributed by atoms with van der Waals surface area (Å²) < 4.78 is 16.5. The smallest absolute Gasteiger partial charge is 0.231 e. The number of nitrogens with one attached hydrogen (secondary N) is 1. The third-order valence-corrected chi connectivity index (χ3v) is 4.75. The van der Waals surface area contributed by atoms with E-state index in [1.54, 1.807) is 11.3 Å². The first kappa shape index (κ1) is 16.5. The predicted molar refractivity (Wildman–Crippen MR) is 100.0 cm³/mol. The van der Waals surface area contributed by atoms with Crippen molar-refractivity contribution in [2.24, 2.45) is 0 Å². The van der Waals surface area contributed by atoms with Crippen LogP contribution in [0.3, 0.4) is 0 Å². The van der Waals surface area contributed by atoms with Crippen molar-refractivity contribution in [1.29, 1.82) is 0 Å². The zero-order valence-corrected chi connectivity index (χ0v) is 14.8. The lowest BCUT2D eigenvalue weighted by atomic mass is 10.2. The largest absolute Gasteiger partial charge is 0.489 e. The molecule has 5 nitrogen and oxygen atoms in total. The summed E-state index contributed by atoms with van der Waals surface area (Å²) in [6.45, 7) is 0.639. The van der Waals surface area contributed by atoms with Crippen LogP contribution in [0.5, 0.6) is 17.2 Å². The number of rotatable bonds is 6. The Bertz CT molecular complexity index is 908. The highest BCUT2D eigenvalue weighted by molar-refractivity contribution is 7.10. The molecule has 132 valence electrons. The third kappa shape index (κ3) is 3.97. The van der Waals surface area contributed by atoms with Gasteiger partial charge in [0.2, 0.25) is 12.7 Å². The van der Waals surface area contributed by atoms with Crippen molar-refractivity contribution in [2.75, 3.05) is 12.1 Å². The van der Waals surface area contributed by atoms with E-state index in [-0.39, 0.29) is 12.7 Å². The van der Waals surface area contributed by atoms with E-state index in [0.717, 1.165) is 21.9 Å². The first-order valence-corrected chi connectivity index (χ1v) is 9.08. The normalized spacial score (nSPS) is 12.0. The molecule has 0 bridgehead atoms. The monoisotopic (exact) mass is 367 g/mol. The van der Waals surface area contributed by atoms with Gasteiger partial charge in [0, 0.05) is 16.6 Å². The van der Waals surface area contributed by atoms with Gasteiger partial charge in [-0.1, -0.05) is 18.2 Å². The van der Waals surface area contributed by atoms with E-state index in [9.17, 15) is 4.79 Å². The second-order valence-electron chi connectivity index (χ2n) is 5.81. The second-order valence-corrected chi connectivity index (χ2v) is 6.84. The molecule has 1 N–H and O–H groups in total. The van der Waals surface area contributed by atoms with Crippen LogP contribution in [0.4, 0.5) is 5.69 Å². The number of fused-ring (bicyclic) bond motifs is 1. The van der Waals surface area contributed by atoms with Crippen molar-refractivity contribution in [3.05, 3.63) is 70.4 Å². The molecule has 1 aliphatic rings. The number of benzene rings is 2. The third-order valence-electron chi connectivity index (χ3n) is 3.88. The molecule has 0 spiro atoms. The van der Waals surface area contributed by atoms with Gasteiger partial charge in [0.15, 0.2) is 11.5 Å². The number of carbonyl (C=O) groups is 1. The van der Waals surface area contributed by atoms with E-state index in [0.29, 0.717) is 24.5 Å². The average Bonchev–Trinajstić information content (AvgIpc) is 3.31. The van der Waals surface area contributed by atoms with E-state index >= 15 is 0 Å². The minimum absolute atomic E-state index is 0.0266. The number of thiophene rings is 1. The molecule has 26 heavy (non-hydrogen) atoms. The zero-order chi connectivity index (χ0) is 17.8. The van der Waals surface area contributed by atoms with Crippen LogP contribution >= 0.6 is 11.3 Å². The summed E-state index contributed by atoms with van der Waals surface area (Å²) in [5.41, 5.74) is 1.73. The van der Waals surface area contributed by atoms with E-state index in [4.69, 9.17) is 14.2 Å². The molecule has 3 aromatic rings. The molecule has 6 heteroatoms. The van der Waals surface area contributed by atoms with Gasteiger partial charge in [-0.15, -0.1) is 11.3 Å². The van der Waals surface area contributed by atoms with Gasteiger partial charge in [0.05, 0.1) is 6.42 Å². The number of hydrogen-bond acceptors (Lipinski definition) is 5. The Labute approximate surface area is 155 Å². The molecule has 2 aromatic carbocycles. The van der Waals surface area contributed by atoms with Crippen LogP contribution in [0.2, 0.25) is 0 Å². The van der Waals surface area contributed by atoms with Crippen LogP contribution in [-0.4, -0.2) is 12.7 Å². The molecule has 0 fully saturated rings. The lowest BCUT2D eigenvalue weighted by Gasteiger charge is -2.09. The molecule has 0 saturated carbocycles. The van der Waals surface area contributed by atoms with Crippen molar-refractivity contribution < 1.29 is 19.0 Å². The Hall–Kier alpha value is -2.99. The number of amides is 1. The standard InChI is InChI=1S/C20H17NO4S/c22-20(11-17-5-2-8-26-17)21-15-4-1-3-14(9-15)12-23-16-6-7-18-19(10-16)25-13-24-18/h1-10H,11-13H2,(H,21,22). The summed E-state index contributed by atoms with van der Waals surface area (Å²) in [6, 6.07) is 17.0. The maximum Gasteiger partial charge on any atom is 0.231 e. The predicted octanol–water partition coefficient (Wildman–Crippen LogP) is 4.24. The summed E-state index contributed by atoms with van der Waals surface area (Å²) in [4.78, 5) is 13.2. The van der Waals surface area contributed by atoms with Gasteiger partial charge in [-0.25, -0.2) is 0 Å². The number of anilines is 1. The fraction of sp³-hybridized carbons (Fsp3) is 0.150. The van der Waals surface area contributed by atoms with E-state index in [2.05, 4.69) is 5.32 Å². The molecule has 0 radical (unpaired) electrons. The molecule has 1 amide bonds. The molecule has 0 aliphatic carbocycles. The average molecular weight is 367 g/mol. The molecule has 1 aromatic heterocycles. The van der Waals surface area contributed by atoms with Crippen molar-refractivity contribution in [3.63, 3.8) is 0 Å². The quantitative estimate of drug-likeness (QED) is 0.708. The molecule has 4 rings (SSSR count). The molecule has 0 atom stereocenters.